The monoisotopic (exact) mass is 627 g/mol. The third-order valence-corrected chi connectivity index (χ3v) is 7.49. The van der Waals surface area contributed by atoms with E-state index in [0.29, 0.717) is 0 Å². The van der Waals surface area contributed by atoms with Crippen molar-refractivity contribution in [1.82, 2.24) is 4.72 Å². The van der Waals surface area contributed by atoms with Crippen LogP contribution in [0.15, 0.2) is 0 Å². The molecule has 8 atom stereocenters. The van der Waals surface area contributed by atoms with Crippen molar-refractivity contribution in [2.24, 2.45) is 5.92 Å². The van der Waals surface area contributed by atoms with Gasteiger partial charge in [0.2, 0.25) is 20.8 Å². The molecule has 0 saturated carbocycles. The van der Waals surface area contributed by atoms with E-state index in [1.807, 2.05) is 0 Å². The number of rotatable bonds is 15. The molecule has 0 aromatic carbocycles. The zero-order valence-electron chi connectivity index (χ0n) is 20.7. The summed E-state index contributed by atoms with van der Waals surface area (Å²) in [5.74, 6) is -2.49. The van der Waals surface area contributed by atoms with Crippen LogP contribution in [0.4, 0.5) is 0 Å². The molecule has 0 amide bonds. The normalized spacial score (nSPS) is 32.6. The molecule has 0 radical (unpaired) electrons. The summed E-state index contributed by atoms with van der Waals surface area (Å²) in [7, 11) is -15.6. The van der Waals surface area contributed by atoms with Gasteiger partial charge in [-0.3, -0.25) is 8.37 Å². The molecule has 18 nitrogen and oxygen atoms in total. The van der Waals surface area contributed by atoms with Crippen LogP contribution in [0.25, 0.3) is 0 Å². The Kier molecular flexibility index (Phi) is 12.4. The number of hydrogen-bond donors (Lipinski definition) is 1. The maximum absolute atomic E-state index is 11.9. The second kappa shape index (κ2) is 14.2. The van der Waals surface area contributed by atoms with Gasteiger partial charge in [0.15, 0.2) is 16.6 Å². The van der Waals surface area contributed by atoms with Gasteiger partial charge in [-0.2, -0.15) is 0 Å². The quantitative estimate of drug-likeness (QED) is 0.105. The SMILES string of the molecule is CCOCC[C@@H]1OC(C(=O)[O-])[C@H](O[C@@H]2OC(COS(=O)(=O)[O-])[C@H](CC)CC2NS(=O)(=O)[O-])CC1OS(=O)(=O)[O-]. The van der Waals surface area contributed by atoms with Gasteiger partial charge >= 0.3 is 0 Å². The molecule has 0 spiro atoms. The number of carbonyl (C=O) groups is 1. The zero-order valence-corrected chi connectivity index (χ0v) is 23.2. The van der Waals surface area contributed by atoms with Gasteiger partial charge < -0.3 is 42.5 Å². The van der Waals surface area contributed by atoms with Crippen LogP contribution in [-0.4, -0.2) is 108 Å². The molecule has 2 saturated heterocycles. The van der Waals surface area contributed by atoms with Crippen molar-refractivity contribution in [2.75, 3.05) is 19.8 Å². The van der Waals surface area contributed by atoms with E-state index >= 15 is 0 Å². The van der Waals surface area contributed by atoms with Gasteiger partial charge in [-0.05, 0) is 25.7 Å². The minimum Gasteiger partial charge on any atom is -0.735 e. The summed E-state index contributed by atoms with van der Waals surface area (Å²) >= 11 is 0. The van der Waals surface area contributed by atoms with Gasteiger partial charge in [-0.25, -0.2) is 30.0 Å². The molecule has 0 aromatic rings. The van der Waals surface area contributed by atoms with Crippen molar-refractivity contribution >= 4 is 37.1 Å². The Morgan fingerprint density at radius 2 is 1.62 bits per heavy atom. The van der Waals surface area contributed by atoms with Crippen molar-refractivity contribution < 1.29 is 76.1 Å². The van der Waals surface area contributed by atoms with Gasteiger partial charge in [0.1, 0.15) is 12.2 Å². The first-order chi connectivity index (χ1) is 17.9. The number of ether oxygens (including phenoxy) is 4. The van der Waals surface area contributed by atoms with Crippen LogP contribution >= 0.6 is 0 Å². The average molecular weight is 628 g/mol. The van der Waals surface area contributed by atoms with Gasteiger partial charge in [-0.15, -0.1) is 0 Å². The maximum Gasteiger partial charge on any atom is 0.217 e. The lowest BCUT2D eigenvalue weighted by Crippen LogP contribution is -2.60. The van der Waals surface area contributed by atoms with E-state index < -0.39 is 98.9 Å². The highest BCUT2D eigenvalue weighted by molar-refractivity contribution is 7.83. The highest BCUT2D eigenvalue weighted by Crippen LogP contribution is 2.34. The minimum absolute atomic E-state index is 0.0208. The Labute approximate surface area is 226 Å². The molecule has 2 heterocycles. The van der Waals surface area contributed by atoms with Crippen molar-refractivity contribution in [1.29, 1.82) is 0 Å². The lowest BCUT2D eigenvalue weighted by molar-refractivity contribution is -0.337. The molecule has 0 bridgehead atoms. The molecule has 0 aliphatic carbocycles. The fourth-order valence-electron chi connectivity index (χ4n) is 4.36. The predicted octanol–water partition coefficient (Wildman–Crippen LogP) is -3.41. The summed E-state index contributed by atoms with van der Waals surface area (Å²) in [5.41, 5.74) is 0. The summed E-state index contributed by atoms with van der Waals surface area (Å²) in [6, 6.07) is -1.45. The summed E-state index contributed by atoms with van der Waals surface area (Å²) < 4.78 is 133. The van der Waals surface area contributed by atoms with Gasteiger partial charge in [-0.1, -0.05) is 13.3 Å². The predicted molar refractivity (Wildman–Crippen MR) is 118 cm³/mol. The molecule has 2 aliphatic heterocycles. The minimum atomic E-state index is -5.31. The van der Waals surface area contributed by atoms with Gasteiger partial charge in [0.05, 0.1) is 36.9 Å². The molecule has 2 fully saturated rings. The Morgan fingerprint density at radius 1 is 0.949 bits per heavy atom. The highest BCUT2D eigenvalue weighted by atomic mass is 32.3. The van der Waals surface area contributed by atoms with E-state index in [1.54, 1.807) is 18.6 Å². The fraction of sp³-hybridized carbons (Fsp3) is 0.944. The number of aliphatic carboxylic acids is 1. The topological polar surface area (TPSA) is 279 Å². The molecule has 0 aromatic heterocycles. The van der Waals surface area contributed by atoms with Crippen molar-refractivity contribution in [3.63, 3.8) is 0 Å². The molecule has 21 heteroatoms. The first-order valence-corrected chi connectivity index (χ1v) is 15.7. The summed E-state index contributed by atoms with van der Waals surface area (Å²) in [6.07, 6.45) is -10.1. The van der Waals surface area contributed by atoms with E-state index in [-0.39, 0.29) is 32.5 Å². The third kappa shape index (κ3) is 11.7. The van der Waals surface area contributed by atoms with Crippen molar-refractivity contribution in [2.45, 2.75) is 82.4 Å². The largest absolute Gasteiger partial charge is 0.735 e. The van der Waals surface area contributed by atoms with Crippen LogP contribution in [-0.2, 0) is 63.2 Å². The summed E-state index contributed by atoms with van der Waals surface area (Å²) in [5, 5.41) is 11.9. The second-order valence-electron chi connectivity index (χ2n) is 8.67. The summed E-state index contributed by atoms with van der Waals surface area (Å²) in [6.45, 7) is 2.71. The first kappa shape index (κ1) is 34.1. The Morgan fingerprint density at radius 3 is 2.13 bits per heavy atom. The maximum atomic E-state index is 11.9. The lowest BCUT2D eigenvalue weighted by Gasteiger charge is -2.46. The van der Waals surface area contributed by atoms with Crippen LogP contribution in [0, 0.1) is 5.92 Å². The highest BCUT2D eigenvalue weighted by Gasteiger charge is 2.46. The Balaban J connectivity index is 2.35. The number of carbonyl (C=O) groups excluding carboxylic acids is 1. The average Bonchev–Trinajstić information content (AvgIpc) is 2.77. The Bertz CT molecular complexity index is 1130. The summed E-state index contributed by atoms with van der Waals surface area (Å²) in [4.78, 5) is 11.9. The smallest absolute Gasteiger partial charge is 0.217 e. The van der Waals surface area contributed by atoms with Crippen molar-refractivity contribution in [3.05, 3.63) is 0 Å². The van der Waals surface area contributed by atoms with Crippen LogP contribution in [0.5, 0.6) is 0 Å². The number of carboxylic acids is 1. The van der Waals surface area contributed by atoms with Gasteiger partial charge in [0.25, 0.3) is 0 Å². The van der Waals surface area contributed by atoms with Crippen LogP contribution in [0.2, 0.25) is 0 Å². The van der Waals surface area contributed by atoms with Crippen LogP contribution in [0.1, 0.15) is 39.5 Å². The molecule has 2 aliphatic rings. The standard InChI is InChI=1S/C18H33NO17S3/c1-3-10-7-11(19-37(22,23)24)18(35-15(10)9-32-38(25,26)27)34-14-8-13(36-39(28,29)30)12(5-6-31-4-2)33-16(14)17(20)21/h10-16,18-19H,3-9H2,1-2H3,(H,20,21)(H,22,23,24)(H,25,26,27)(H,28,29,30)/p-4/t10-,11?,12+,13?,14-,15?,16?,18-/m1/s1. The molecule has 4 unspecified atom stereocenters. The Hall–Kier alpha value is -1.08. The lowest BCUT2D eigenvalue weighted by atomic mass is 9.89. The first-order valence-electron chi connectivity index (χ1n) is 11.6. The molecule has 2 rings (SSSR count). The van der Waals surface area contributed by atoms with E-state index in [9.17, 15) is 48.8 Å². The molecule has 39 heavy (non-hydrogen) atoms. The van der Waals surface area contributed by atoms with E-state index in [4.69, 9.17) is 18.9 Å². The van der Waals surface area contributed by atoms with Crippen LogP contribution < -0.4 is 9.83 Å². The van der Waals surface area contributed by atoms with Gasteiger partial charge in [0, 0.05) is 19.6 Å². The van der Waals surface area contributed by atoms with Crippen LogP contribution in [0.3, 0.4) is 0 Å². The van der Waals surface area contributed by atoms with E-state index in [2.05, 4.69) is 8.37 Å². The molecular weight excluding hydrogens is 598 g/mol. The van der Waals surface area contributed by atoms with E-state index in [1.165, 1.54) is 0 Å². The molecule has 1 N–H and O–H groups in total. The number of nitrogens with one attached hydrogen (secondary N) is 1. The number of carboxylic acid groups (broad SMARTS) is 1. The fourth-order valence-corrected chi connectivity index (χ4v) is 5.75. The second-order valence-corrected chi connectivity index (χ2v) is 11.9. The zero-order chi connectivity index (χ0) is 29.6. The van der Waals surface area contributed by atoms with E-state index in [0.717, 1.165) is 0 Å². The molecule has 230 valence electrons. The van der Waals surface area contributed by atoms with Crippen molar-refractivity contribution in [3.8, 4) is 0 Å². The third-order valence-electron chi connectivity index (χ3n) is 5.99. The number of hydrogen-bond acceptors (Lipinski definition) is 17. The molecular formula is C18H29NO17S3-4.